The molecule has 1 fully saturated rings. The Hall–Kier alpha value is -2.64. The van der Waals surface area contributed by atoms with Crippen LogP contribution < -0.4 is 0 Å². The second-order valence-corrected chi connectivity index (χ2v) is 9.11. The van der Waals surface area contributed by atoms with Crippen LogP contribution in [0.25, 0.3) is 5.57 Å². The third-order valence-electron chi connectivity index (χ3n) is 6.06. The molecule has 0 unspecified atom stereocenters. The van der Waals surface area contributed by atoms with E-state index < -0.39 is 5.60 Å². The van der Waals surface area contributed by atoms with E-state index in [0.29, 0.717) is 53.1 Å². The molecule has 6 nitrogen and oxygen atoms in total. The van der Waals surface area contributed by atoms with Gasteiger partial charge in [0.1, 0.15) is 10.8 Å². The molecule has 3 aliphatic heterocycles. The van der Waals surface area contributed by atoms with Gasteiger partial charge in [0.15, 0.2) is 5.17 Å². The number of likely N-dealkylation sites (tertiary alicyclic amines) is 1. The monoisotopic (exact) mass is 453 g/mol. The summed E-state index contributed by atoms with van der Waals surface area (Å²) in [6, 6.07) is 11.2. The minimum Gasteiger partial charge on any atom is -0.450 e. The molecule has 0 aliphatic carbocycles. The summed E-state index contributed by atoms with van der Waals surface area (Å²) in [5.41, 5.74) is 2.87. The van der Waals surface area contributed by atoms with E-state index in [1.165, 1.54) is 11.8 Å². The number of allylic oxidation sites excluding steroid dienone is 1. The molecule has 158 valence electrons. The Balaban J connectivity index is 1.34. The summed E-state index contributed by atoms with van der Waals surface area (Å²) in [7, 11) is 0. The van der Waals surface area contributed by atoms with Crippen molar-refractivity contribution >= 4 is 46.0 Å². The predicted octanol–water partition coefficient (Wildman–Crippen LogP) is 4.65. The Bertz CT molecular complexity index is 1140. The van der Waals surface area contributed by atoms with E-state index in [-0.39, 0.29) is 11.9 Å². The molecule has 0 saturated carbocycles. The molecule has 0 radical (unpaired) electrons. The third-order valence-corrected chi connectivity index (χ3v) is 7.44. The molecular formula is C23H20ClN3O3S. The van der Waals surface area contributed by atoms with Crippen LogP contribution in [0.15, 0.2) is 52.5 Å². The summed E-state index contributed by atoms with van der Waals surface area (Å²) in [4.78, 5) is 36.2. The molecule has 1 saturated heterocycles. The van der Waals surface area contributed by atoms with Crippen LogP contribution in [0.5, 0.6) is 0 Å². The molecule has 0 bridgehead atoms. The lowest BCUT2D eigenvalue weighted by atomic mass is 9.84. The SMILES string of the molecule is CC/C(=C1/SC(N2CCC3(CC2)OC(=O)c2ccccc23)=NC1=O)c1ccc(Cl)nc1. The number of halogens is 1. The summed E-state index contributed by atoms with van der Waals surface area (Å²) >= 11 is 7.32. The van der Waals surface area contributed by atoms with Crippen molar-refractivity contribution in [3.8, 4) is 0 Å². The number of carbonyl (C=O) groups excluding carboxylic acids is 2. The molecular weight excluding hydrogens is 434 g/mol. The normalized spacial score (nSPS) is 21.2. The van der Waals surface area contributed by atoms with Crippen molar-refractivity contribution in [1.29, 1.82) is 0 Å². The van der Waals surface area contributed by atoms with Crippen molar-refractivity contribution in [1.82, 2.24) is 9.88 Å². The number of hydrogen-bond acceptors (Lipinski definition) is 6. The number of fused-ring (bicyclic) bond motifs is 2. The first-order chi connectivity index (χ1) is 15.0. The zero-order chi connectivity index (χ0) is 21.6. The number of rotatable bonds is 2. The van der Waals surface area contributed by atoms with Crippen LogP contribution in [-0.4, -0.2) is 40.0 Å². The molecule has 3 aliphatic rings. The van der Waals surface area contributed by atoms with Gasteiger partial charge < -0.3 is 9.64 Å². The van der Waals surface area contributed by atoms with Crippen molar-refractivity contribution < 1.29 is 14.3 Å². The van der Waals surface area contributed by atoms with E-state index in [9.17, 15) is 9.59 Å². The number of thioether (sulfide) groups is 1. The lowest BCUT2D eigenvalue weighted by molar-refractivity contribution is -0.113. The van der Waals surface area contributed by atoms with Gasteiger partial charge in [-0.15, -0.1) is 0 Å². The van der Waals surface area contributed by atoms with Gasteiger partial charge in [0.2, 0.25) is 0 Å². The Morgan fingerprint density at radius 2 is 1.97 bits per heavy atom. The van der Waals surface area contributed by atoms with Crippen LogP contribution in [0.2, 0.25) is 5.15 Å². The van der Waals surface area contributed by atoms with Crippen molar-refractivity contribution in [2.75, 3.05) is 13.1 Å². The second-order valence-electron chi connectivity index (χ2n) is 7.75. The smallest absolute Gasteiger partial charge is 0.339 e. The Morgan fingerprint density at radius 3 is 2.68 bits per heavy atom. The van der Waals surface area contributed by atoms with Gasteiger partial charge in [-0.2, -0.15) is 4.99 Å². The zero-order valence-electron chi connectivity index (χ0n) is 16.9. The fourth-order valence-corrected chi connectivity index (χ4v) is 5.70. The Morgan fingerprint density at radius 1 is 1.19 bits per heavy atom. The van der Waals surface area contributed by atoms with E-state index in [2.05, 4.69) is 14.9 Å². The van der Waals surface area contributed by atoms with Gasteiger partial charge in [-0.1, -0.05) is 42.8 Å². The van der Waals surface area contributed by atoms with Crippen molar-refractivity contribution in [2.24, 2.45) is 4.99 Å². The van der Waals surface area contributed by atoms with Crippen LogP contribution in [0.4, 0.5) is 0 Å². The zero-order valence-corrected chi connectivity index (χ0v) is 18.5. The molecule has 0 N–H and O–H groups in total. The maximum absolute atomic E-state index is 12.7. The summed E-state index contributed by atoms with van der Waals surface area (Å²) < 4.78 is 5.83. The van der Waals surface area contributed by atoms with Gasteiger partial charge in [0, 0.05) is 37.7 Å². The van der Waals surface area contributed by atoms with Gasteiger partial charge >= 0.3 is 5.97 Å². The minimum absolute atomic E-state index is 0.218. The summed E-state index contributed by atoms with van der Waals surface area (Å²) in [5.74, 6) is -0.467. The highest BCUT2D eigenvalue weighted by molar-refractivity contribution is 8.18. The number of amidine groups is 1. The predicted molar refractivity (Wildman–Crippen MR) is 121 cm³/mol. The topological polar surface area (TPSA) is 71.9 Å². The van der Waals surface area contributed by atoms with Crippen LogP contribution in [0.3, 0.4) is 0 Å². The number of ether oxygens (including phenoxy) is 1. The Labute approximate surface area is 189 Å². The highest BCUT2D eigenvalue weighted by atomic mass is 35.5. The molecule has 1 aromatic heterocycles. The molecule has 1 spiro atoms. The number of pyridine rings is 1. The van der Waals surface area contributed by atoms with Crippen LogP contribution in [0, 0.1) is 0 Å². The molecule has 0 atom stereocenters. The van der Waals surface area contributed by atoms with Crippen LogP contribution in [-0.2, 0) is 15.1 Å². The van der Waals surface area contributed by atoms with Gasteiger partial charge in [-0.05, 0) is 41.5 Å². The maximum atomic E-state index is 12.7. The average Bonchev–Trinajstić information content (AvgIpc) is 3.29. The quantitative estimate of drug-likeness (QED) is 0.374. The lowest BCUT2D eigenvalue weighted by Crippen LogP contribution is -2.44. The molecule has 4 heterocycles. The number of hydrogen-bond donors (Lipinski definition) is 0. The van der Waals surface area contributed by atoms with E-state index in [1.54, 1.807) is 12.3 Å². The van der Waals surface area contributed by atoms with E-state index in [0.717, 1.165) is 16.7 Å². The lowest BCUT2D eigenvalue weighted by Gasteiger charge is -2.39. The molecule has 31 heavy (non-hydrogen) atoms. The van der Waals surface area contributed by atoms with E-state index in [1.807, 2.05) is 37.3 Å². The molecule has 1 aromatic carbocycles. The average molecular weight is 454 g/mol. The fraction of sp³-hybridized carbons (Fsp3) is 0.304. The maximum Gasteiger partial charge on any atom is 0.339 e. The summed E-state index contributed by atoms with van der Waals surface area (Å²) in [6.45, 7) is 3.34. The van der Waals surface area contributed by atoms with Crippen LogP contribution in [0.1, 0.15) is 47.7 Å². The van der Waals surface area contributed by atoms with Gasteiger partial charge in [0.25, 0.3) is 5.91 Å². The number of nitrogens with zero attached hydrogens (tertiary/aromatic N) is 3. The minimum atomic E-state index is -0.569. The number of benzene rings is 1. The summed E-state index contributed by atoms with van der Waals surface area (Å²) in [5, 5.41) is 1.13. The van der Waals surface area contributed by atoms with Crippen molar-refractivity contribution in [3.05, 3.63) is 69.3 Å². The highest BCUT2D eigenvalue weighted by Crippen LogP contribution is 2.45. The number of piperidine rings is 1. The standard InChI is InChI=1S/C23H20ClN3O3S/c1-2-15(14-7-8-18(24)25-13-14)19-20(28)26-22(31-19)27-11-9-23(10-12-27)17-6-4-3-5-16(17)21(29)30-23/h3-8,13H,2,9-12H2,1H3/b19-15-. The van der Waals surface area contributed by atoms with Crippen molar-refractivity contribution in [2.45, 2.75) is 31.8 Å². The fourth-order valence-electron chi connectivity index (χ4n) is 4.45. The van der Waals surface area contributed by atoms with Gasteiger partial charge in [-0.25, -0.2) is 9.78 Å². The largest absolute Gasteiger partial charge is 0.450 e. The van der Waals surface area contributed by atoms with Gasteiger partial charge in [-0.3, -0.25) is 4.79 Å². The molecule has 5 rings (SSSR count). The third kappa shape index (κ3) is 3.46. The van der Waals surface area contributed by atoms with Crippen molar-refractivity contribution in [3.63, 3.8) is 0 Å². The van der Waals surface area contributed by atoms with E-state index in [4.69, 9.17) is 16.3 Å². The first-order valence-corrected chi connectivity index (χ1v) is 11.4. The van der Waals surface area contributed by atoms with E-state index >= 15 is 0 Å². The first-order valence-electron chi connectivity index (χ1n) is 10.2. The number of esters is 1. The molecule has 1 amide bonds. The van der Waals surface area contributed by atoms with Gasteiger partial charge in [0.05, 0.1) is 10.5 Å². The molecule has 2 aromatic rings. The first kappa shape index (κ1) is 20.3. The molecule has 8 heteroatoms. The number of carbonyl (C=O) groups is 2. The summed E-state index contributed by atoms with van der Waals surface area (Å²) in [6.07, 6.45) is 3.72. The number of aromatic nitrogens is 1. The second kappa shape index (κ2) is 7.80. The number of amides is 1. The number of aliphatic imine (C=N–C) groups is 1. The Kier molecular flexibility index (Phi) is 5.10. The van der Waals surface area contributed by atoms with Crippen LogP contribution >= 0.6 is 23.4 Å². The highest BCUT2D eigenvalue weighted by Gasteiger charge is 2.48.